The maximum Gasteiger partial charge on any atom is 0.242 e. The third-order valence-electron chi connectivity index (χ3n) is 5.03. The molecule has 1 fully saturated rings. The molecule has 0 bridgehead atoms. The highest BCUT2D eigenvalue weighted by Gasteiger charge is 2.52. The normalized spacial score (nSPS) is 18.9. The zero-order chi connectivity index (χ0) is 19.2. The molecular weight excluding hydrogens is 364 g/mol. The quantitative estimate of drug-likeness (QED) is 0.657. The van der Waals surface area contributed by atoms with E-state index >= 15 is 0 Å². The van der Waals surface area contributed by atoms with Gasteiger partial charge < -0.3 is 9.83 Å². The first-order chi connectivity index (χ1) is 12.9. The van der Waals surface area contributed by atoms with E-state index in [1.165, 1.54) is 6.33 Å². The van der Waals surface area contributed by atoms with E-state index in [0.29, 0.717) is 13.1 Å². The van der Waals surface area contributed by atoms with E-state index < -0.39 is 15.5 Å². The predicted molar refractivity (Wildman–Crippen MR) is 102 cm³/mol. The van der Waals surface area contributed by atoms with Crippen LogP contribution in [0.4, 0.5) is 0 Å². The molecule has 0 spiro atoms. The van der Waals surface area contributed by atoms with Gasteiger partial charge in [0, 0.05) is 36.4 Å². The lowest BCUT2D eigenvalue weighted by atomic mass is 9.92. The molecule has 1 aliphatic heterocycles. The lowest BCUT2D eigenvalue weighted by molar-refractivity contribution is 0.0857. The Morgan fingerprint density at radius 1 is 1.44 bits per heavy atom. The molecule has 0 saturated carbocycles. The molecule has 2 N–H and O–H groups in total. The van der Waals surface area contributed by atoms with Crippen LogP contribution in [0.2, 0.25) is 0 Å². The lowest BCUT2D eigenvalue weighted by Gasteiger charge is -2.47. The number of aromatic nitrogens is 5. The van der Waals surface area contributed by atoms with Gasteiger partial charge in [-0.25, -0.2) is 29.8 Å². The summed E-state index contributed by atoms with van der Waals surface area (Å²) in [5, 5.41) is 5.12. The van der Waals surface area contributed by atoms with Crippen molar-refractivity contribution in [2.45, 2.75) is 24.6 Å². The molecule has 0 aliphatic carbocycles. The van der Waals surface area contributed by atoms with Gasteiger partial charge in [-0.1, -0.05) is 0 Å². The van der Waals surface area contributed by atoms with Crippen molar-refractivity contribution in [3.8, 4) is 11.3 Å². The van der Waals surface area contributed by atoms with Crippen molar-refractivity contribution in [2.24, 2.45) is 0 Å². The van der Waals surface area contributed by atoms with Gasteiger partial charge in [-0.15, -0.1) is 0 Å². The van der Waals surface area contributed by atoms with E-state index in [4.69, 9.17) is 11.4 Å². The molecule has 140 valence electrons. The number of nitrogens with one attached hydrogen (secondary N) is 2. The summed E-state index contributed by atoms with van der Waals surface area (Å²) in [5.74, 6) is 0. The zero-order valence-electron chi connectivity index (χ0n) is 15.1. The maximum atomic E-state index is 12.6. The molecule has 4 rings (SSSR count). The van der Waals surface area contributed by atoms with Crippen LogP contribution < -0.4 is 0 Å². The standard InChI is InChI=1S/C17H20N8OS/c1-12(2)27(18,26)24-9-17(10-24,8-19-3)25-7-13(6-23-25)15-14-4-5-20-16(14)22-11-21-15/h4-7,11-12,18H,8-10H2,1-2H3,(H,20,21,22)/t27-/m0/s1. The maximum absolute atomic E-state index is 12.6. The Kier molecular flexibility index (Phi) is 4.01. The number of nitrogens with zero attached hydrogens (tertiary/aromatic N) is 6. The van der Waals surface area contributed by atoms with E-state index in [2.05, 4.69) is 24.9 Å². The van der Waals surface area contributed by atoms with Crippen LogP contribution in [0.3, 0.4) is 0 Å². The third kappa shape index (κ3) is 2.70. The fourth-order valence-corrected chi connectivity index (χ4v) is 4.83. The van der Waals surface area contributed by atoms with Gasteiger partial charge in [0.25, 0.3) is 0 Å². The summed E-state index contributed by atoms with van der Waals surface area (Å²) in [5.41, 5.74) is 1.79. The van der Waals surface area contributed by atoms with Crippen LogP contribution in [0, 0.1) is 11.4 Å². The van der Waals surface area contributed by atoms with Crippen LogP contribution in [0.15, 0.2) is 31.0 Å². The van der Waals surface area contributed by atoms with Crippen molar-refractivity contribution in [2.75, 3.05) is 19.6 Å². The molecule has 0 aromatic carbocycles. The van der Waals surface area contributed by atoms with Crippen molar-refractivity contribution >= 4 is 20.9 Å². The SMILES string of the molecule is [C-]#[N+]CC1(n2cc(-c3ncnc4[nH]ccc34)cn2)CN([S@](=N)(=O)C(C)C)C1. The molecule has 27 heavy (non-hydrogen) atoms. The van der Waals surface area contributed by atoms with Crippen LogP contribution >= 0.6 is 0 Å². The van der Waals surface area contributed by atoms with E-state index in [-0.39, 0.29) is 11.8 Å². The topological polar surface area (TPSA) is 108 Å². The van der Waals surface area contributed by atoms with Gasteiger partial charge in [0.15, 0.2) is 5.54 Å². The van der Waals surface area contributed by atoms with E-state index in [1.54, 1.807) is 29.0 Å². The van der Waals surface area contributed by atoms with Gasteiger partial charge in [-0.3, -0.25) is 4.68 Å². The number of H-pyrrole nitrogens is 1. The number of rotatable bonds is 5. The highest BCUT2D eigenvalue weighted by molar-refractivity contribution is 7.90. The minimum atomic E-state index is -2.84. The molecular formula is C17H20N8OS. The number of hydrogen-bond acceptors (Lipinski definition) is 5. The highest BCUT2D eigenvalue weighted by atomic mass is 32.2. The molecule has 10 heteroatoms. The molecule has 0 radical (unpaired) electrons. The lowest BCUT2D eigenvalue weighted by Crippen LogP contribution is -2.66. The fraction of sp³-hybridized carbons (Fsp3) is 0.412. The zero-order valence-corrected chi connectivity index (χ0v) is 15.9. The van der Waals surface area contributed by atoms with Crippen LogP contribution in [0.25, 0.3) is 27.1 Å². The van der Waals surface area contributed by atoms with Crippen LogP contribution in [-0.4, -0.2) is 58.1 Å². The first-order valence-corrected chi connectivity index (χ1v) is 10.1. The molecule has 1 aliphatic rings. The summed E-state index contributed by atoms with van der Waals surface area (Å²) in [7, 11) is -2.84. The fourth-order valence-electron chi connectivity index (χ4n) is 3.37. The second kappa shape index (κ2) is 6.14. The minimum absolute atomic E-state index is 0.224. The molecule has 1 saturated heterocycles. The third-order valence-corrected chi connectivity index (χ3v) is 7.34. The predicted octanol–water partition coefficient (Wildman–Crippen LogP) is 2.12. The number of aromatic amines is 1. The summed E-state index contributed by atoms with van der Waals surface area (Å²) < 4.78 is 24.2. The monoisotopic (exact) mass is 384 g/mol. The van der Waals surface area contributed by atoms with Crippen LogP contribution in [0.5, 0.6) is 0 Å². The van der Waals surface area contributed by atoms with Gasteiger partial charge in [0.05, 0.1) is 17.1 Å². The second-order valence-corrected chi connectivity index (χ2v) is 9.69. The molecule has 9 nitrogen and oxygen atoms in total. The van der Waals surface area contributed by atoms with Crippen molar-refractivity contribution in [1.29, 1.82) is 4.78 Å². The van der Waals surface area contributed by atoms with Crippen molar-refractivity contribution in [3.63, 3.8) is 0 Å². The Balaban J connectivity index is 1.67. The highest BCUT2D eigenvalue weighted by Crippen LogP contribution is 2.35. The molecule has 0 amide bonds. The first kappa shape index (κ1) is 17.6. The summed E-state index contributed by atoms with van der Waals surface area (Å²) in [4.78, 5) is 15.2. The van der Waals surface area contributed by atoms with E-state index in [9.17, 15) is 4.21 Å². The first-order valence-electron chi connectivity index (χ1n) is 8.57. The van der Waals surface area contributed by atoms with Gasteiger partial charge in [-0.2, -0.15) is 5.10 Å². The Hall–Kier alpha value is -2.77. The summed E-state index contributed by atoms with van der Waals surface area (Å²) >= 11 is 0. The van der Waals surface area contributed by atoms with E-state index in [0.717, 1.165) is 22.3 Å². The van der Waals surface area contributed by atoms with Gasteiger partial charge in [-0.05, 0) is 19.9 Å². The van der Waals surface area contributed by atoms with Crippen molar-refractivity contribution in [3.05, 3.63) is 42.4 Å². The van der Waals surface area contributed by atoms with Crippen molar-refractivity contribution < 1.29 is 4.21 Å². The Bertz CT molecular complexity index is 1130. The molecule has 4 heterocycles. The summed E-state index contributed by atoms with van der Waals surface area (Å²) in [6.07, 6.45) is 6.92. The Morgan fingerprint density at radius 3 is 2.93 bits per heavy atom. The molecule has 3 aromatic rings. The summed E-state index contributed by atoms with van der Waals surface area (Å²) in [6.45, 7) is 11.9. The Morgan fingerprint density at radius 2 is 2.22 bits per heavy atom. The number of hydrogen-bond donors (Lipinski definition) is 2. The summed E-state index contributed by atoms with van der Waals surface area (Å²) in [6, 6.07) is 1.92. The smallest absolute Gasteiger partial charge is 0.242 e. The average molecular weight is 384 g/mol. The van der Waals surface area contributed by atoms with Crippen LogP contribution in [0.1, 0.15) is 13.8 Å². The second-order valence-electron chi connectivity index (χ2n) is 7.09. The average Bonchev–Trinajstić information content (AvgIpc) is 3.26. The van der Waals surface area contributed by atoms with Crippen molar-refractivity contribution in [1.82, 2.24) is 29.0 Å². The molecule has 0 unspecified atom stereocenters. The molecule has 1 atom stereocenters. The van der Waals surface area contributed by atoms with Gasteiger partial charge in [0.2, 0.25) is 6.54 Å². The minimum Gasteiger partial charge on any atom is -0.346 e. The van der Waals surface area contributed by atoms with Gasteiger partial charge >= 0.3 is 0 Å². The number of fused-ring (bicyclic) bond motifs is 1. The van der Waals surface area contributed by atoms with E-state index in [1.807, 2.05) is 18.5 Å². The van der Waals surface area contributed by atoms with Crippen LogP contribution in [-0.2, 0) is 15.5 Å². The Labute approximate surface area is 157 Å². The van der Waals surface area contributed by atoms with Gasteiger partial charge in [0.1, 0.15) is 21.9 Å². The largest absolute Gasteiger partial charge is 0.346 e. The molecule has 3 aromatic heterocycles.